The van der Waals surface area contributed by atoms with Crippen LogP contribution in [0.3, 0.4) is 0 Å². The van der Waals surface area contributed by atoms with Crippen molar-refractivity contribution in [2.45, 2.75) is 89.4 Å². The zero-order valence-electron chi connectivity index (χ0n) is 15.9. The Balaban J connectivity index is 1.82. The summed E-state index contributed by atoms with van der Waals surface area (Å²) >= 11 is 0. The van der Waals surface area contributed by atoms with E-state index in [1.165, 1.54) is 0 Å². The average Bonchev–Trinajstić information content (AvgIpc) is 3.00. The summed E-state index contributed by atoms with van der Waals surface area (Å²) in [7, 11) is 0. The number of aliphatic hydroxyl groups excluding tert-OH is 1. The third-order valence-corrected chi connectivity index (χ3v) is 5.39. The Bertz CT molecular complexity index is 473. The lowest BCUT2D eigenvalue weighted by molar-refractivity contribution is -0.295. The lowest BCUT2D eigenvalue weighted by Gasteiger charge is -2.31. The molecule has 0 aromatic carbocycles. The van der Waals surface area contributed by atoms with Gasteiger partial charge < -0.3 is 10.2 Å². The predicted octanol–water partition coefficient (Wildman–Crippen LogP) is 4.41. The van der Waals surface area contributed by atoms with E-state index in [4.69, 9.17) is 14.9 Å². The van der Waals surface area contributed by atoms with E-state index in [0.29, 0.717) is 18.3 Å². The Labute approximate surface area is 157 Å². The zero-order chi connectivity index (χ0) is 18.8. The van der Waals surface area contributed by atoms with E-state index in [9.17, 15) is 9.90 Å². The first-order valence-corrected chi connectivity index (χ1v) is 10.2. The van der Waals surface area contributed by atoms with Crippen molar-refractivity contribution in [3.05, 3.63) is 24.3 Å². The van der Waals surface area contributed by atoms with Crippen LogP contribution in [-0.4, -0.2) is 34.5 Å². The standard InChI is InChI=1S/C21H34O5/c1-2-3-6-9-17(22)13-12-16-14-18-15-20(26-25-18)19(16)10-7-4-5-8-11-21(23)24/h4,7,12-13,16-20,22H,2-3,5-6,8-11,14-15H2,1H3,(H,23,24)/b7-4-,13-12+/t16-,17?,18?,19+,20?/m0/s1. The molecule has 0 spiro atoms. The molecule has 1 saturated carbocycles. The van der Waals surface area contributed by atoms with Crippen molar-refractivity contribution in [3.8, 4) is 0 Å². The van der Waals surface area contributed by atoms with Gasteiger partial charge in [-0.05, 0) is 43.9 Å². The Morgan fingerprint density at radius 1 is 1.19 bits per heavy atom. The van der Waals surface area contributed by atoms with E-state index in [-0.39, 0.29) is 24.7 Å². The molecule has 26 heavy (non-hydrogen) atoms. The van der Waals surface area contributed by atoms with Gasteiger partial charge in [-0.2, -0.15) is 0 Å². The molecule has 1 aliphatic carbocycles. The molecule has 1 heterocycles. The average molecular weight is 366 g/mol. The van der Waals surface area contributed by atoms with Gasteiger partial charge in [0.25, 0.3) is 0 Å². The summed E-state index contributed by atoms with van der Waals surface area (Å²) in [4.78, 5) is 21.5. The van der Waals surface area contributed by atoms with Gasteiger partial charge in [0.15, 0.2) is 0 Å². The number of carboxylic acids is 1. The van der Waals surface area contributed by atoms with E-state index in [1.54, 1.807) is 0 Å². The number of allylic oxidation sites excluding steroid dienone is 3. The third kappa shape index (κ3) is 7.22. The fourth-order valence-corrected chi connectivity index (χ4v) is 3.88. The van der Waals surface area contributed by atoms with Crippen molar-refractivity contribution in [1.82, 2.24) is 0 Å². The molecule has 2 aliphatic rings. The largest absolute Gasteiger partial charge is 0.481 e. The van der Waals surface area contributed by atoms with Gasteiger partial charge in [0.05, 0.1) is 18.3 Å². The maximum atomic E-state index is 10.5. The van der Waals surface area contributed by atoms with E-state index >= 15 is 0 Å². The number of carboxylic acid groups (broad SMARTS) is 1. The number of aliphatic hydroxyl groups is 1. The van der Waals surface area contributed by atoms with E-state index in [2.05, 4.69) is 25.2 Å². The van der Waals surface area contributed by atoms with Gasteiger partial charge in [0.2, 0.25) is 0 Å². The van der Waals surface area contributed by atoms with Gasteiger partial charge in [0, 0.05) is 12.8 Å². The summed E-state index contributed by atoms with van der Waals surface area (Å²) in [5.41, 5.74) is 0. The number of hydrogen-bond acceptors (Lipinski definition) is 4. The van der Waals surface area contributed by atoms with E-state index in [1.807, 2.05) is 6.08 Å². The monoisotopic (exact) mass is 366 g/mol. The first kappa shape index (κ1) is 21.1. The molecule has 0 aromatic heterocycles. The van der Waals surface area contributed by atoms with Crippen molar-refractivity contribution >= 4 is 5.97 Å². The zero-order valence-corrected chi connectivity index (χ0v) is 15.9. The Hall–Kier alpha value is -1.17. The van der Waals surface area contributed by atoms with Crippen LogP contribution >= 0.6 is 0 Å². The summed E-state index contributed by atoms with van der Waals surface area (Å²) < 4.78 is 0. The van der Waals surface area contributed by atoms with Crippen LogP contribution in [0.15, 0.2) is 24.3 Å². The lowest BCUT2D eigenvalue weighted by atomic mass is 9.74. The minimum Gasteiger partial charge on any atom is -0.481 e. The van der Waals surface area contributed by atoms with Crippen LogP contribution in [-0.2, 0) is 14.6 Å². The second kappa shape index (κ2) is 11.5. The van der Waals surface area contributed by atoms with Gasteiger partial charge in [-0.1, -0.05) is 50.5 Å². The first-order valence-electron chi connectivity index (χ1n) is 10.2. The quantitative estimate of drug-likeness (QED) is 0.304. The molecule has 0 amide bonds. The van der Waals surface area contributed by atoms with Crippen LogP contribution in [0.25, 0.3) is 0 Å². The summed E-state index contributed by atoms with van der Waals surface area (Å²) in [6.45, 7) is 2.17. The Kier molecular flexibility index (Phi) is 9.37. The molecule has 2 fully saturated rings. The normalized spacial score (nSPS) is 29.6. The van der Waals surface area contributed by atoms with Crippen molar-refractivity contribution in [2.75, 3.05) is 0 Å². The first-order chi connectivity index (χ1) is 12.6. The van der Waals surface area contributed by atoms with Crippen molar-refractivity contribution in [1.29, 1.82) is 0 Å². The number of unbranched alkanes of at least 4 members (excludes halogenated alkanes) is 3. The van der Waals surface area contributed by atoms with Gasteiger partial charge >= 0.3 is 5.97 Å². The summed E-state index contributed by atoms with van der Waals surface area (Å²) in [5.74, 6) is -0.0368. The highest BCUT2D eigenvalue weighted by atomic mass is 17.2. The van der Waals surface area contributed by atoms with E-state index < -0.39 is 5.97 Å². The highest BCUT2D eigenvalue weighted by Crippen LogP contribution is 2.41. The molecule has 5 atom stereocenters. The maximum Gasteiger partial charge on any atom is 0.303 e. The molecule has 1 aliphatic heterocycles. The van der Waals surface area contributed by atoms with Gasteiger partial charge in [0.1, 0.15) is 0 Å². The number of carbonyl (C=O) groups is 1. The van der Waals surface area contributed by atoms with Crippen molar-refractivity contribution < 1.29 is 24.8 Å². The van der Waals surface area contributed by atoms with Crippen LogP contribution in [0.2, 0.25) is 0 Å². The second-order valence-corrected chi connectivity index (χ2v) is 7.59. The van der Waals surface area contributed by atoms with Gasteiger partial charge in [-0.3, -0.25) is 4.79 Å². The predicted molar refractivity (Wildman–Crippen MR) is 100 cm³/mol. The Morgan fingerprint density at radius 2 is 2.04 bits per heavy atom. The van der Waals surface area contributed by atoms with Crippen molar-refractivity contribution in [2.24, 2.45) is 11.8 Å². The molecule has 5 heteroatoms. The molecule has 0 aromatic rings. The minimum atomic E-state index is -0.740. The van der Waals surface area contributed by atoms with Crippen LogP contribution in [0.4, 0.5) is 0 Å². The summed E-state index contributed by atoms with van der Waals surface area (Å²) in [5, 5.41) is 18.8. The van der Waals surface area contributed by atoms with Gasteiger partial charge in [-0.15, -0.1) is 0 Å². The molecule has 3 unspecified atom stereocenters. The van der Waals surface area contributed by atoms with Crippen LogP contribution in [0.1, 0.15) is 71.1 Å². The number of hydrogen-bond donors (Lipinski definition) is 2. The minimum absolute atomic E-state index is 0.115. The summed E-state index contributed by atoms with van der Waals surface area (Å²) in [6, 6.07) is 0. The molecule has 2 rings (SSSR count). The van der Waals surface area contributed by atoms with Crippen LogP contribution in [0.5, 0.6) is 0 Å². The lowest BCUT2D eigenvalue weighted by Crippen LogP contribution is -2.32. The highest BCUT2D eigenvalue weighted by molar-refractivity contribution is 5.66. The molecule has 0 radical (unpaired) electrons. The smallest absolute Gasteiger partial charge is 0.303 e. The molecule has 148 valence electrons. The molecular formula is C21H34O5. The van der Waals surface area contributed by atoms with Crippen LogP contribution < -0.4 is 0 Å². The van der Waals surface area contributed by atoms with Crippen LogP contribution in [0, 0.1) is 11.8 Å². The number of fused-ring (bicyclic) bond motifs is 2. The highest BCUT2D eigenvalue weighted by Gasteiger charge is 2.43. The molecule has 2 N–H and O–H groups in total. The topological polar surface area (TPSA) is 76.0 Å². The maximum absolute atomic E-state index is 10.5. The third-order valence-electron chi connectivity index (χ3n) is 5.39. The molecule has 5 nitrogen and oxygen atoms in total. The Morgan fingerprint density at radius 3 is 2.81 bits per heavy atom. The van der Waals surface area contributed by atoms with E-state index in [0.717, 1.165) is 51.4 Å². The summed E-state index contributed by atoms with van der Waals surface area (Å²) in [6.07, 6.45) is 16.9. The fraction of sp³-hybridized carbons (Fsp3) is 0.762. The van der Waals surface area contributed by atoms with Crippen molar-refractivity contribution in [3.63, 3.8) is 0 Å². The fourth-order valence-electron chi connectivity index (χ4n) is 3.88. The van der Waals surface area contributed by atoms with Gasteiger partial charge in [-0.25, -0.2) is 9.78 Å². The SMILES string of the molecule is CCCCCC(O)/C=C/[C@H]1CC2CC(OO2)[C@@H]1C/C=C\CCCC(=O)O. The molecule has 1 saturated heterocycles. The molecule has 2 bridgehead atoms. The number of rotatable bonds is 12. The molecular weight excluding hydrogens is 332 g/mol. The second-order valence-electron chi connectivity index (χ2n) is 7.59. The number of aliphatic carboxylic acids is 1.